The van der Waals surface area contributed by atoms with E-state index in [0.717, 1.165) is 0 Å². The molecule has 2 saturated heterocycles. The molecule has 1 aromatic rings. The molecule has 9 nitrogen and oxygen atoms in total. The predicted octanol–water partition coefficient (Wildman–Crippen LogP) is -0.144. The number of nitrogens with one attached hydrogen (secondary N) is 2. The number of carbonyl (C=O) groups excluding carboxylic acids is 2. The van der Waals surface area contributed by atoms with Gasteiger partial charge in [0.15, 0.2) is 0 Å². The zero-order valence-corrected chi connectivity index (χ0v) is 16.9. The van der Waals surface area contributed by atoms with Crippen LogP contribution >= 0.6 is 0 Å². The molecule has 28 heavy (non-hydrogen) atoms. The molecule has 0 aromatic heterocycles. The van der Waals surface area contributed by atoms with E-state index in [1.807, 2.05) is 0 Å². The first-order valence-electron chi connectivity index (χ1n) is 9.22. The van der Waals surface area contributed by atoms with Crippen molar-refractivity contribution in [2.45, 2.75) is 24.3 Å². The second-order valence-electron chi connectivity index (χ2n) is 7.33. The summed E-state index contributed by atoms with van der Waals surface area (Å²) in [5.74, 6) is -0.422. The van der Waals surface area contributed by atoms with Crippen LogP contribution in [0.5, 0.6) is 0 Å². The van der Waals surface area contributed by atoms with E-state index in [0.29, 0.717) is 45.1 Å². The summed E-state index contributed by atoms with van der Waals surface area (Å²) < 4.78 is 32.1. The number of anilines is 1. The van der Waals surface area contributed by atoms with E-state index in [1.165, 1.54) is 16.4 Å². The number of benzene rings is 1. The van der Waals surface area contributed by atoms with Crippen molar-refractivity contribution in [1.82, 2.24) is 14.5 Å². The van der Waals surface area contributed by atoms with Crippen molar-refractivity contribution in [2.75, 3.05) is 51.3 Å². The minimum atomic E-state index is -3.63. The van der Waals surface area contributed by atoms with Gasteiger partial charge in [0.2, 0.25) is 21.8 Å². The average molecular weight is 410 g/mol. The monoisotopic (exact) mass is 410 g/mol. The Hall–Kier alpha value is -2.01. The van der Waals surface area contributed by atoms with Crippen LogP contribution in [0.3, 0.4) is 0 Å². The lowest BCUT2D eigenvalue weighted by molar-refractivity contribution is -0.136. The first kappa shape index (κ1) is 20.7. The maximum atomic E-state index is 12.8. The topological polar surface area (TPSA) is 108 Å². The van der Waals surface area contributed by atoms with Gasteiger partial charge in [-0.1, -0.05) is 6.07 Å². The molecule has 2 heterocycles. The first-order chi connectivity index (χ1) is 13.2. The molecule has 0 spiro atoms. The SMILES string of the molecule is CC1(C)C(=O)NCCN1CC(=O)Nc1cccc(S(=O)(=O)N2CCOCC2)c1. The Labute approximate surface area is 165 Å². The van der Waals surface area contributed by atoms with Crippen LogP contribution in [0.15, 0.2) is 29.2 Å². The third-order valence-corrected chi connectivity index (χ3v) is 6.97. The van der Waals surface area contributed by atoms with Crippen LogP contribution in [0.1, 0.15) is 13.8 Å². The van der Waals surface area contributed by atoms with E-state index < -0.39 is 15.6 Å². The normalized spacial score (nSPS) is 21.1. The maximum Gasteiger partial charge on any atom is 0.243 e. The van der Waals surface area contributed by atoms with E-state index in [2.05, 4.69) is 10.6 Å². The lowest BCUT2D eigenvalue weighted by atomic mass is 9.99. The van der Waals surface area contributed by atoms with Gasteiger partial charge in [-0.05, 0) is 32.0 Å². The van der Waals surface area contributed by atoms with Gasteiger partial charge in [-0.15, -0.1) is 0 Å². The maximum absolute atomic E-state index is 12.8. The number of amides is 2. The third kappa shape index (κ3) is 4.35. The molecule has 0 bridgehead atoms. The van der Waals surface area contributed by atoms with Gasteiger partial charge in [0.1, 0.15) is 0 Å². The van der Waals surface area contributed by atoms with Gasteiger partial charge >= 0.3 is 0 Å². The van der Waals surface area contributed by atoms with Gasteiger partial charge in [-0.3, -0.25) is 14.5 Å². The van der Waals surface area contributed by atoms with E-state index in [-0.39, 0.29) is 23.3 Å². The first-order valence-corrected chi connectivity index (χ1v) is 10.7. The highest BCUT2D eigenvalue weighted by molar-refractivity contribution is 7.89. The number of hydrogen-bond donors (Lipinski definition) is 2. The lowest BCUT2D eigenvalue weighted by Gasteiger charge is -2.40. The van der Waals surface area contributed by atoms with E-state index in [1.54, 1.807) is 30.9 Å². The van der Waals surface area contributed by atoms with Crippen molar-refractivity contribution in [3.63, 3.8) is 0 Å². The van der Waals surface area contributed by atoms with Gasteiger partial charge in [-0.25, -0.2) is 8.42 Å². The van der Waals surface area contributed by atoms with Crippen molar-refractivity contribution in [3.05, 3.63) is 24.3 Å². The molecule has 0 aliphatic carbocycles. The van der Waals surface area contributed by atoms with Crippen molar-refractivity contribution >= 4 is 27.5 Å². The molecule has 2 aliphatic rings. The summed E-state index contributed by atoms with van der Waals surface area (Å²) in [5.41, 5.74) is -0.379. The fraction of sp³-hybridized carbons (Fsp3) is 0.556. The Balaban J connectivity index is 1.69. The van der Waals surface area contributed by atoms with Crippen molar-refractivity contribution in [3.8, 4) is 0 Å². The van der Waals surface area contributed by atoms with Crippen molar-refractivity contribution < 1.29 is 22.7 Å². The Morgan fingerprint density at radius 2 is 1.96 bits per heavy atom. The van der Waals surface area contributed by atoms with Crippen LogP contribution in [0.4, 0.5) is 5.69 Å². The number of piperazine rings is 1. The van der Waals surface area contributed by atoms with Crippen LogP contribution in [0.2, 0.25) is 0 Å². The Kier molecular flexibility index (Phi) is 6.04. The molecule has 2 N–H and O–H groups in total. The van der Waals surface area contributed by atoms with Gasteiger partial charge in [0.25, 0.3) is 0 Å². The van der Waals surface area contributed by atoms with E-state index >= 15 is 0 Å². The molecular formula is C18H26N4O5S. The third-order valence-electron chi connectivity index (χ3n) is 5.07. The van der Waals surface area contributed by atoms with Crippen molar-refractivity contribution in [1.29, 1.82) is 0 Å². The van der Waals surface area contributed by atoms with Gasteiger partial charge < -0.3 is 15.4 Å². The fourth-order valence-corrected chi connectivity index (χ4v) is 4.72. The van der Waals surface area contributed by atoms with Gasteiger partial charge in [0, 0.05) is 31.9 Å². The van der Waals surface area contributed by atoms with E-state index in [9.17, 15) is 18.0 Å². The summed E-state index contributed by atoms with van der Waals surface area (Å²) in [6.07, 6.45) is 0. The molecule has 0 radical (unpaired) electrons. The van der Waals surface area contributed by atoms with Crippen LogP contribution in [0, 0.1) is 0 Å². The summed E-state index contributed by atoms with van der Waals surface area (Å²) in [6, 6.07) is 6.21. The summed E-state index contributed by atoms with van der Waals surface area (Å²) in [5, 5.41) is 5.53. The Bertz CT molecular complexity index is 849. The molecule has 2 aliphatic heterocycles. The second-order valence-corrected chi connectivity index (χ2v) is 9.27. The van der Waals surface area contributed by atoms with Gasteiger partial charge in [-0.2, -0.15) is 4.31 Å². The zero-order chi connectivity index (χ0) is 20.4. The standard InChI is InChI=1S/C18H26N4O5S/c1-18(2)17(24)19-6-7-21(18)13-16(23)20-14-4-3-5-15(12-14)28(25,26)22-8-10-27-11-9-22/h3-5,12H,6-11,13H2,1-2H3,(H,19,24)(H,20,23). The second kappa shape index (κ2) is 8.16. The Morgan fingerprint density at radius 1 is 1.25 bits per heavy atom. The quantitative estimate of drug-likeness (QED) is 0.699. The predicted molar refractivity (Wildman–Crippen MR) is 103 cm³/mol. The number of ether oxygens (including phenoxy) is 1. The summed E-state index contributed by atoms with van der Waals surface area (Å²) >= 11 is 0. The lowest BCUT2D eigenvalue weighted by Crippen LogP contribution is -2.62. The molecule has 2 amide bonds. The van der Waals surface area contributed by atoms with Crippen LogP contribution in [-0.2, 0) is 24.3 Å². The fourth-order valence-electron chi connectivity index (χ4n) is 3.26. The number of hydrogen-bond acceptors (Lipinski definition) is 6. The minimum Gasteiger partial charge on any atom is -0.379 e. The summed E-state index contributed by atoms with van der Waals surface area (Å²) in [7, 11) is -3.63. The number of sulfonamides is 1. The molecule has 0 unspecified atom stereocenters. The number of rotatable bonds is 5. The van der Waals surface area contributed by atoms with E-state index in [4.69, 9.17) is 4.74 Å². The largest absolute Gasteiger partial charge is 0.379 e. The van der Waals surface area contributed by atoms with Gasteiger partial charge in [0.05, 0.1) is 30.2 Å². The summed E-state index contributed by atoms with van der Waals surface area (Å²) in [4.78, 5) is 26.4. The van der Waals surface area contributed by atoms with Crippen LogP contribution in [0.25, 0.3) is 0 Å². The van der Waals surface area contributed by atoms with Crippen LogP contribution in [-0.4, -0.2) is 80.9 Å². The molecule has 154 valence electrons. The molecule has 0 saturated carbocycles. The smallest absolute Gasteiger partial charge is 0.243 e. The molecule has 0 atom stereocenters. The average Bonchev–Trinajstić information content (AvgIpc) is 2.67. The highest BCUT2D eigenvalue weighted by Crippen LogP contribution is 2.21. The molecule has 3 rings (SSSR count). The highest BCUT2D eigenvalue weighted by Gasteiger charge is 2.38. The number of carbonyl (C=O) groups is 2. The molecule has 10 heteroatoms. The highest BCUT2D eigenvalue weighted by atomic mass is 32.2. The molecule has 2 fully saturated rings. The number of morpholine rings is 1. The molecular weight excluding hydrogens is 384 g/mol. The minimum absolute atomic E-state index is 0.0425. The summed E-state index contributed by atoms with van der Waals surface area (Å²) in [6.45, 7) is 6.00. The Morgan fingerprint density at radius 3 is 2.68 bits per heavy atom. The molecule has 1 aromatic carbocycles. The van der Waals surface area contributed by atoms with Crippen LogP contribution < -0.4 is 10.6 Å². The van der Waals surface area contributed by atoms with Crippen molar-refractivity contribution in [2.24, 2.45) is 0 Å². The number of nitrogens with zero attached hydrogens (tertiary/aromatic N) is 2. The zero-order valence-electron chi connectivity index (χ0n) is 16.1.